The maximum Gasteiger partial charge on any atom is 0.221 e. The van der Waals surface area contributed by atoms with Crippen LogP contribution in [0, 0.1) is 11.3 Å². The molecular formula is C10H9BrN2O2. The third-order valence-corrected chi connectivity index (χ3v) is 2.34. The largest absolute Gasteiger partial charge is 0.496 e. The van der Waals surface area contributed by atoms with Crippen LogP contribution in [-0.4, -0.2) is 13.0 Å². The minimum Gasteiger partial charge on any atom is -0.496 e. The van der Waals surface area contributed by atoms with Crippen molar-refractivity contribution in [3.63, 3.8) is 0 Å². The molecule has 1 rings (SSSR count). The monoisotopic (exact) mass is 268 g/mol. The normalized spacial score (nSPS) is 9.20. The quantitative estimate of drug-likeness (QED) is 0.895. The Labute approximate surface area is 96.0 Å². The number of methoxy groups -OCH3 is 1. The number of hydrogen-bond donors (Lipinski definition) is 1. The summed E-state index contributed by atoms with van der Waals surface area (Å²) in [5.41, 5.74) is 0.836. The molecule has 0 saturated carbocycles. The highest BCUT2D eigenvalue weighted by atomic mass is 79.9. The van der Waals surface area contributed by atoms with Crippen LogP contribution in [0.15, 0.2) is 16.6 Å². The van der Waals surface area contributed by atoms with Crippen molar-refractivity contribution in [2.24, 2.45) is 0 Å². The molecule has 1 amide bonds. The average molecular weight is 269 g/mol. The van der Waals surface area contributed by atoms with Crippen molar-refractivity contribution < 1.29 is 9.53 Å². The summed E-state index contributed by atoms with van der Waals surface area (Å²) in [6.07, 6.45) is 0. The van der Waals surface area contributed by atoms with E-state index in [0.717, 1.165) is 0 Å². The van der Waals surface area contributed by atoms with Crippen molar-refractivity contribution >= 4 is 27.5 Å². The SMILES string of the molecule is COc1cc(C#N)c(NC(C)=O)cc1Br. The summed E-state index contributed by atoms with van der Waals surface area (Å²) in [6.45, 7) is 1.39. The lowest BCUT2D eigenvalue weighted by atomic mass is 10.2. The molecule has 78 valence electrons. The molecule has 0 spiro atoms. The van der Waals surface area contributed by atoms with Crippen molar-refractivity contribution in [1.82, 2.24) is 0 Å². The smallest absolute Gasteiger partial charge is 0.221 e. The molecule has 0 radical (unpaired) electrons. The highest BCUT2D eigenvalue weighted by Crippen LogP contribution is 2.30. The zero-order valence-electron chi connectivity index (χ0n) is 8.30. The standard InChI is InChI=1S/C10H9BrN2O2/c1-6(14)13-9-4-8(11)10(15-2)3-7(9)5-12/h3-4H,1-2H3,(H,13,14). The Hall–Kier alpha value is -1.54. The maximum atomic E-state index is 10.9. The van der Waals surface area contributed by atoms with Crippen LogP contribution in [0.5, 0.6) is 5.75 Å². The number of amides is 1. The predicted molar refractivity (Wildman–Crippen MR) is 59.7 cm³/mol. The number of ether oxygens (including phenoxy) is 1. The van der Waals surface area contributed by atoms with Crippen molar-refractivity contribution in [2.75, 3.05) is 12.4 Å². The van der Waals surface area contributed by atoms with Crippen LogP contribution in [0.4, 0.5) is 5.69 Å². The van der Waals surface area contributed by atoms with E-state index >= 15 is 0 Å². The Morgan fingerprint density at radius 3 is 2.73 bits per heavy atom. The van der Waals surface area contributed by atoms with E-state index in [0.29, 0.717) is 21.5 Å². The topological polar surface area (TPSA) is 62.1 Å². The molecule has 1 aromatic carbocycles. The minimum atomic E-state index is -0.219. The molecule has 0 atom stereocenters. The Bertz CT molecular complexity index is 438. The lowest BCUT2D eigenvalue weighted by Crippen LogP contribution is -2.07. The molecule has 4 nitrogen and oxygen atoms in total. The Morgan fingerprint density at radius 2 is 2.27 bits per heavy atom. The van der Waals surface area contributed by atoms with Crippen LogP contribution in [0.3, 0.4) is 0 Å². The van der Waals surface area contributed by atoms with Gasteiger partial charge in [0.1, 0.15) is 11.8 Å². The van der Waals surface area contributed by atoms with Gasteiger partial charge in [-0.2, -0.15) is 5.26 Å². The first-order chi connectivity index (χ1) is 7.08. The third kappa shape index (κ3) is 2.70. The van der Waals surface area contributed by atoms with Crippen LogP contribution in [0.1, 0.15) is 12.5 Å². The van der Waals surface area contributed by atoms with Crippen LogP contribution >= 0.6 is 15.9 Å². The number of halogens is 1. The molecule has 15 heavy (non-hydrogen) atoms. The van der Waals surface area contributed by atoms with Crippen LogP contribution in [0.25, 0.3) is 0 Å². The molecule has 0 heterocycles. The van der Waals surface area contributed by atoms with Gasteiger partial charge < -0.3 is 10.1 Å². The number of benzene rings is 1. The third-order valence-electron chi connectivity index (χ3n) is 1.72. The summed E-state index contributed by atoms with van der Waals surface area (Å²) in [7, 11) is 1.51. The number of hydrogen-bond acceptors (Lipinski definition) is 3. The lowest BCUT2D eigenvalue weighted by molar-refractivity contribution is -0.114. The molecule has 0 aromatic heterocycles. The van der Waals surface area contributed by atoms with Gasteiger partial charge in [0, 0.05) is 13.0 Å². The molecule has 1 aromatic rings. The minimum absolute atomic E-state index is 0.219. The first-order valence-corrected chi connectivity index (χ1v) is 4.93. The number of nitrogens with one attached hydrogen (secondary N) is 1. The number of carbonyl (C=O) groups excluding carboxylic acids is 1. The van der Waals surface area contributed by atoms with Crippen LogP contribution in [-0.2, 0) is 4.79 Å². The number of anilines is 1. The summed E-state index contributed by atoms with van der Waals surface area (Å²) in [5, 5.41) is 11.4. The first kappa shape index (κ1) is 11.5. The highest BCUT2D eigenvalue weighted by molar-refractivity contribution is 9.10. The first-order valence-electron chi connectivity index (χ1n) is 4.13. The van der Waals surface area contributed by atoms with E-state index in [9.17, 15) is 4.79 Å². The molecule has 1 N–H and O–H groups in total. The number of carbonyl (C=O) groups is 1. The molecule has 5 heteroatoms. The van der Waals surface area contributed by atoms with E-state index in [4.69, 9.17) is 10.00 Å². The number of nitrogens with zero attached hydrogens (tertiary/aromatic N) is 1. The zero-order chi connectivity index (χ0) is 11.4. The fraction of sp³-hybridized carbons (Fsp3) is 0.200. The number of rotatable bonds is 2. The molecule has 0 fully saturated rings. The molecule has 0 aliphatic carbocycles. The van der Waals surface area contributed by atoms with Crippen molar-refractivity contribution in [1.29, 1.82) is 5.26 Å². The second-order valence-electron chi connectivity index (χ2n) is 2.83. The van der Waals surface area contributed by atoms with Gasteiger partial charge in [-0.05, 0) is 22.0 Å². The van der Waals surface area contributed by atoms with E-state index in [1.165, 1.54) is 14.0 Å². The summed E-state index contributed by atoms with van der Waals surface area (Å²) < 4.78 is 5.72. The fourth-order valence-electron chi connectivity index (χ4n) is 1.10. The van der Waals surface area contributed by atoms with Crippen molar-refractivity contribution in [3.05, 3.63) is 22.2 Å². The Morgan fingerprint density at radius 1 is 1.60 bits per heavy atom. The summed E-state index contributed by atoms with van der Waals surface area (Å²) in [5.74, 6) is 0.337. The van der Waals surface area contributed by atoms with Gasteiger partial charge in [-0.15, -0.1) is 0 Å². The molecule has 0 bridgehead atoms. The summed E-state index contributed by atoms with van der Waals surface area (Å²) in [6, 6.07) is 5.19. The highest BCUT2D eigenvalue weighted by Gasteiger charge is 2.09. The van der Waals surface area contributed by atoms with E-state index < -0.39 is 0 Å². The second kappa shape index (κ2) is 4.80. The Kier molecular flexibility index (Phi) is 3.69. The van der Waals surface area contributed by atoms with Gasteiger partial charge in [0.2, 0.25) is 5.91 Å². The summed E-state index contributed by atoms with van der Waals surface area (Å²) in [4.78, 5) is 10.9. The van der Waals surface area contributed by atoms with Gasteiger partial charge in [0.25, 0.3) is 0 Å². The molecular weight excluding hydrogens is 260 g/mol. The van der Waals surface area contributed by atoms with Gasteiger partial charge in [0.05, 0.1) is 22.8 Å². The van der Waals surface area contributed by atoms with Gasteiger partial charge in [-0.1, -0.05) is 0 Å². The van der Waals surface area contributed by atoms with E-state index in [1.807, 2.05) is 6.07 Å². The van der Waals surface area contributed by atoms with Gasteiger partial charge >= 0.3 is 0 Å². The van der Waals surface area contributed by atoms with Crippen LogP contribution < -0.4 is 10.1 Å². The molecule has 0 saturated heterocycles. The average Bonchev–Trinajstić information content (AvgIpc) is 2.17. The molecule has 0 aliphatic heterocycles. The van der Waals surface area contributed by atoms with Gasteiger partial charge in [-0.3, -0.25) is 4.79 Å². The van der Waals surface area contributed by atoms with Crippen molar-refractivity contribution in [3.8, 4) is 11.8 Å². The molecule has 0 unspecified atom stereocenters. The summed E-state index contributed by atoms with van der Waals surface area (Å²) >= 11 is 3.27. The van der Waals surface area contributed by atoms with Crippen LogP contribution in [0.2, 0.25) is 0 Å². The second-order valence-corrected chi connectivity index (χ2v) is 3.68. The van der Waals surface area contributed by atoms with Gasteiger partial charge in [0.15, 0.2) is 0 Å². The van der Waals surface area contributed by atoms with Gasteiger partial charge in [-0.25, -0.2) is 0 Å². The van der Waals surface area contributed by atoms with Crippen molar-refractivity contribution in [2.45, 2.75) is 6.92 Å². The van der Waals surface area contributed by atoms with E-state index in [1.54, 1.807) is 12.1 Å². The van der Waals surface area contributed by atoms with E-state index in [-0.39, 0.29) is 5.91 Å². The fourth-order valence-corrected chi connectivity index (χ4v) is 1.60. The number of nitriles is 1. The maximum absolute atomic E-state index is 10.9. The molecule has 0 aliphatic rings. The predicted octanol–water partition coefficient (Wildman–Crippen LogP) is 2.29. The Balaban J connectivity index is 3.22. The zero-order valence-corrected chi connectivity index (χ0v) is 9.88. The van der Waals surface area contributed by atoms with E-state index in [2.05, 4.69) is 21.2 Å². The lowest BCUT2D eigenvalue weighted by Gasteiger charge is -2.08.